The summed E-state index contributed by atoms with van der Waals surface area (Å²) in [5.41, 5.74) is 2.18. The van der Waals surface area contributed by atoms with Crippen molar-refractivity contribution in [3.63, 3.8) is 0 Å². The zero-order valence-electron chi connectivity index (χ0n) is 12.2. The maximum Gasteiger partial charge on any atom is 0.162 e. The number of hydrogen-bond acceptors (Lipinski definition) is 3. The normalized spacial score (nSPS) is 17.5. The molecule has 3 nitrogen and oxygen atoms in total. The van der Waals surface area contributed by atoms with Crippen LogP contribution in [-0.2, 0) is 14.3 Å². The molecule has 22 heavy (non-hydrogen) atoms. The van der Waals surface area contributed by atoms with E-state index in [-0.39, 0.29) is 18.0 Å². The minimum absolute atomic E-state index is 0.0795. The molecule has 0 saturated carbocycles. The van der Waals surface area contributed by atoms with E-state index < -0.39 is 0 Å². The second-order valence-electron chi connectivity index (χ2n) is 5.27. The lowest BCUT2D eigenvalue weighted by atomic mass is 10.0. The molecule has 1 heterocycles. The van der Waals surface area contributed by atoms with Crippen molar-refractivity contribution in [3.05, 3.63) is 84.1 Å². The van der Waals surface area contributed by atoms with Crippen LogP contribution in [0.5, 0.6) is 0 Å². The Labute approximate surface area is 130 Å². The van der Waals surface area contributed by atoms with Crippen molar-refractivity contribution >= 4 is 5.78 Å². The van der Waals surface area contributed by atoms with E-state index in [4.69, 9.17) is 9.47 Å². The first-order valence-electron chi connectivity index (χ1n) is 7.39. The second kappa shape index (κ2) is 7.05. The van der Waals surface area contributed by atoms with E-state index in [0.29, 0.717) is 13.0 Å². The molecule has 0 N–H and O–H groups in total. The monoisotopic (exact) mass is 294 g/mol. The fourth-order valence-electron chi connectivity index (χ4n) is 2.51. The Balaban J connectivity index is 1.75. The number of hydrogen-bond donors (Lipinski definition) is 0. The van der Waals surface area contributed by atoms with Crippen LogP contribution in [0.1, 0.15) is 23.7 Å². The summed E-state index contributed by atoms with van der Waals surface area (Å²) in [6, 6.07) is 20.1. The molecular weight excluding hydrogens is 276 g/mol. The molecule has 1 atom stereocenters. The summed E-state index contributed by atoms with van der Waals surface area (Å²) in [5.74, 6) is 0.0795. The number of ketones is 1. The van der Waals surface area contributed by atoms with Crippen LogP contribution in [0.15, 0.2) is 73.0 Å². The summed E-state index contributed by atoms with van der Waals surface area (Å²) in [4.78, 5) is 11.4. The fourth-order valence-corrected chi connectivity index (χ4v) is 2.51. The van der Waals surface area contributed by atoms with E-state index in [2.05, 4.69) is 0 Å². The van der Waals surface area contributed by atoms with Crippen LogP contribution in [0, 0.1) is 0 Å². The predicted molar refractivity (Wildman–Crippen MR) is 84.3 cm³/mol. The molecule has 112 valence electrons. The van der Waals surface area contributed by atoms with Crippen molar-refractivity contribution in [2.45, 2.75) is 18.6 Å². The highest BCUT2D eigenvalue weighted by Crippen LogP contribution is 2.26. The van der Waals surface area contributed by atoms with Crippen LogP contribution in [0.4, 0.5) is 0 Å². The van der Waals surface area contributed by atoms with Gasteiger partial charge < -0.3 is 9.47 Å². The van der Waals surface area contributed by atoms with E-state index in [0.717, 1.165) is 11.1 Å². The summed E-state index contributed by atoms with van der Waals surface area (Å²) in [6.07, 6.45) is 2.91. The quantitative estimate of drug-likeness (QED) is 0.844. The molecule has 0 saturated heterocycles. The van der Waals surface area contributed by atoms with Crippen molar-refractivity contribution in [2.75, 3.05) is 6.61 Å². The molecule has 3 heteroatoms. The zero-order valence-corrected chi connectivity index (χ0v) is 12.2. The van der Waals surface area contributed by atoms with Gasteiger partial charge in [-0.1, -0.05) is 60.7 Å². The minimum atomic E-state index is -0.215. The molecule has 1 aliphatic rings. The summed E-state index contributed by atoms with van der Waals surface area (Å²) in [7, 11) is 0. The van der Waals surface area contributed by atoms with Gasteiger partial charge in [0.05, 0.1) is 12.9 Å². The van der Waals surface area contributed by atoms with Gasteiger partial charge in [0.25, 0.3) is 0 Å². The zero-order chi connectivity index (χ0) is 15.2. The van der Waals surface area contributed by atoms with Gasteiger partial charge in [-0.2, -0.15) is 0 Å². The van der Waals surface area contributed by atoms with E-state index >= 15 is 0 Å². The predicted octanol–water partition coefficient (Wildman–Crippen LogP) is 3.66. The highest BCUT2D eigenvalue weighted by Gasteiger charge is 2.21. The molecule has 2 aromatic rings. The largest absolute Gasteiger partial charge is 0.495 e. The van der Waals surface area contributed by atoms with E-state index in [1.54, 1.807) is 0 Å². The average Bonchev–Trinajstić information content (AvgIpc) is 2.57. The third-order valence-corrected chi connectivity index (χ3v) is 3.61. The van der Waals surface area contributed by atoms with Crippen LogP contribution >= 0.6 is 0 Å². The summed E-state index contributed by atoms with van der Waals surface area (Å²) >= 11 is 0. The van der Waals surface area contributed by atoms with Crippen molar-refractivity contribution in [3.8, 4) is 0 Å². The smallest absolute Gasteiger partial charge is 0.162 e. The van der Waals surface area contributed by atoms with Crippen molar-refractivity contribution < 1.29 is 14.3 Å². The van der Waals surface area contributed by atoms with Crippen LogP contribution in [-0.4, -0.2) is 18.5 Å². The fraction of sp³-hybridized carbons (Fsp3) is 0.211. The maximum atomic E-state index is 11.4. The highest BCUT2D eigenvalue weighted by molar-refractivity contribution is 5.90. The lowest BCUT2D eigenvalue weighted by Crippen LogP contribution is -2.25. The topological polar surface area (TPSA) is 35.5 Å². The van der Waals surface area contributed by atoms with Gasteiger partial charge in [-0.05, 0) is 11.1 Å². The highest BCUT2D eigenvalue weighted by atomic mass is 16.5. The number of ether oxygens (including phenoxy) is 2. The van der Waals surface area contributed by atoms with Crippen LogP contribution in [0.25, 0.3) is 0 Å². The van der Waals surface area contributed by atoms with Gasteiger partial charge in [-0.25, -0.2) is 0 Å². The average molecular weight is 294 g/mol. The third-order valence-electron chi connectivity index (χ3n) is 3.61. The van der Waals surface area contributed by atoms with Gasteiger partial charge in [0, 0.05) is 12.5 Å². The van der Waals surface area contributed by atoms with E-state index in [1.165, 1.54) is 12.3 Å². The van der Waals surface area contributed by atoms with Crippen LogP contribution in [0.3, 0.4) is 0 Å². The Kier molecular flexibility index (Phi) is 4.66. The molecule has 0 radical (unpaired) electrons. The van der Waals surface area contributed by atoms with E-state index in [1.807, 2.05) is 60.7 Å². The molecule has 3 rings (SSSR count). The standard InChI is InChI=1S/C19H18O3/c20-17-11-12-21-18(13-17)14-22-19(15-7-3-1-4-8-15)16-9-5-2-6-10-16/h1-12,18-19H,13-14H2. The van der Waals surface area contributed by atoms with Crippen molar-refractivity contribution in [1.29, 1.82) is 0 Å². The van der Waals surface area contributed by atoms with Gasteiger partial charge >= 0.3 is 0 Å². The number of rotatable bonds is 5. The SMILES string of the molecule is O=C1C=COC(COC(c2ccccc2)c2ccccc2)C1. The molecule has 1 aliphatic heterocycles. The van der Waals surface area contributed by atoms with Gasteiger partial charge in [0.2, 0.25) is 0 Å². The minimum Gasteiger partial charge on any atom is -0.495 e. The third kappa shape index (κ3) is 3.62. The molecule has 0 amide bonds. The molecule has 1 unspecified atom stereocenters. The first kappa shape index (κ1) is 14.5. The summed E-state index contributed by atoms with van der Waals surface area (Å²) < 4.78 is 11.5. The van der Waals surface area contributed by atoms with Crippen molar-refractivity contribution in [2.24, 2.45) is 0 Å². The molecule has 0 spiro atoms. The summed E-state index contributed by atoms with van der Waals surface area (Å²) in [5, 5.41) is 0. The second-order valence-corrected chi connectivity index (χ2v) is 5.27. The van der Waals surface area contributed by atoms with Crippen LogP contribution < -0.4 is 0 Å². The Bertz CT molecular complexity index is 595. The molecule has 0 aromatic heterocycles. The van der Waals surface area contributed by atoms with E-state index in [9.17, 15) is 4.79 Å². The Morgan fingerprint density at radius 2 is 1.59 bits per heavy atom. The molecule has 0 fully saturated rings. The Morgan fingerprint density at radius 1 is 1.00 bits per heavy atom. The number of carbonyl (C=O) groups is 1. The maximum absolute atomic E-state index is 11.4. The Morgan fingerprint density at radius 3 is 2.14 bits per heavy atom. The number of benzene rings is 2. The summed E-state index contributed by atoms with van der Waals surface area (Å²) in [6.45, 7) is 0.379. The molecule has 0 bridgehead atoms. The van der Waals surface area contributed by atoms with Crippen molar-refractivity contribution in [1.82, 2.24) is 0 Å². The first-order valence-corrected chi connectivity index (χ1v) is 7.39. The molecule has 0 aliphatic carbocycles. The lowest BCUT2D eigenvalue weighted by molar-refractivity contribution is -0.119. The lowest BCUT2D eigenvalue weighted by Gasteiger charge is -2.23. The van der Waals surface area contributed by atoms with Gasteiger partial charge in [-0.3, -0.25) is 4.79 Å². The Hall–Kier alpha value is -2.39. The molecule has 2 aromatic carbocycles. The number of carbonyl (C=O) groups excluding carboxylic acids is 1. The van der Waals surface area contributed by atoms with Crippen LogP contribution in [0.2, 0.25) is 0 Å². The molecular formula is C19H18O3. The van der Waals surface area contributed by atoms with Gasteiger partial charge in [0.15, 0.2) is 5.78 Å². The van der Waals surface area contributed by atoms with Gasteiger partial charge in [0.1, 0.15) is 12.2 Å². The van der Waals surface area contributed by atoms with Gasteiger partial charge in [-0.15, -0.1) is 0 Å². The number of allylic oxidation sites excluding steroid dienone is 1. The first-order chi connectivity index (χ1) is 10.8.